The Balaban J connectivity index is 1.56. The monoisotopic (exact) mass is 457 g/mol. The van der Waals surface area contributed by atoms with E-state index in [9.17, 15) is 0 Å². The van der Waals surface area contributed by atoms with Crippen LogP contribution >= 0.6 is 12.2 Å². The summed E-state index contributed by atoms with van der Waals surface area (Å²) in [6.45, 7) is 3.08. The normalized spacial score (nSPS) is 11.6. The molecule has 0 atom stereocenters. The van der Waals surface area contributed by atoms with E-state index >= 15 is 0 Å². The van der Waals surface area contributed by atoms with E-state index in [0.29, 0.717) is 22.1 Å². The van der Waals surface area contributed by atoms with E-state index in [0.717, 1.165) is 17.7 Å². The molecule has 166 valence electrons. The van der Waals surface area contributed by atoms with Crippen molar-refractivity contribution in [3.63, 3.8) is 0 Å². The van der Waals surface area contributed by atoms with Crippen molar-refractivity contribution in [2.45, 2.75) is 13.5 Å². The van der Waals surface area contributed by atoms with E-state index in [4.69, 9.17) is 21.7 Å². The number of H-pyrrole nitrogens is 1. The zero-order chi connectivity index (χ0) is 22.9. The number of benzene rings is 3. The molecule has 0 amide bonds. The molecule has 3 aromatic carbocycles. The smallest absolute Gasteiger partial charge is 0.216 e. The molecule has 0 saturated heterocycles. The SMILES string of the molecule is CCn1c2ccccc2c2cc(C=Nn3c(-c4ccc(OC)c(OC)c4)n[nH]c3=S)ccc21. The lowest BCUT2D eigenvalue weighted by molar-refractivity contribution is 0.355. The highest BCUT2D eigenvalue weighted by molar-refractivity contribution is 7.71. The van der Waals surface area contributed by atoms with Crippen LogP contribution < -0.4 is 9.47 Å². The molecule has 0 aliphatic carbocycles. The first-order valence-electron chi connectivity index (χ1n) is 10.6. The van der Waals surface area contributed by atoms with Gasteiger partial charge in [-0.25, -0.2) is 5.10 Å². The molecule has 2 heterocycles. The Hall–Kier alpha value is -3.91. The molecule has 5 rings (SSSR count). The van der Waals surface area contributed by atoms with Crippen LogP contribution in [-0.4, -0.2) is 39.9 Å². The molecule has 7 nitrogen and oxygen atoms in total. The van der Waals surface area contributed by atoms with Crippen molar-refractivity contribution in [3.05, 3.63) is 71.0 Å². The van der Waals surface area contributed by atoms with Gasteiger partial charge in [0.15, 0.2) is 17.3 Å². The van der Waals surface area contributed by atoms with Crippen LogP contribution in [0.25, 0.3) is 33.2 Å². The number of ether oxygens (including phenoxy) is 2. The Labute approximate surface area is 195 Å². The Morgan fingerprint density at radius 3 is 2.55 bits per heavy atom. The number of methoxy groups -OCH3 is 2. The van der Waals surface area contributed by atoms with E-state index in [2.05, 4.69) is 69.3 Å². The molecule has 0 spiro atoms. The highest BCUT2D eigenvalue weighted by Crippen LogP contribution is 2.32. The number of hydrogen-bond donors (Lipinski definition) is 1. The van der Waals surface area contributed by atoms with Gasteiger partial charge in [0.25, 0.3) is 0 Å². The second-order valence-electron chi connectivity index (χ2n) is 7.52. The van der Waals surface area contributed by atoms with Gasteiger partial charge in [0, 0.05) is 33.9 Å². The Morgan fingerprint density at radius 2 is 1.76 bits per heavy atom. The number of nitrogens with one attached hydrogen (secondary N) is 1. The number of aromatic nitrogens is 4. The van der Waals surface area contributed by atoms with Crippen LogP contribution in [0.15, 0.2) is 65.8 Å². The fraction of sp³-hybridized carbons (Fsp3) is 0.160. The third-order valence-corrected chi connectivity index (χ3v) is 5.99. The minimum absolute atomic E-state index is 0.402. The highest BCUT2D eigenvalue weighted by Gasteiger charge is 2.13. The number of hydrogen-bond acceptors (Lipinski definition) is 5. The molecule has 0 fully saturated rings. The number of nitrogens with zero attached hydrogens (tertiary/aromatic N) is 4. The Morgan fingerprint density at radius 1 is 0.970 bits per heavy atom. The van der Waals surface area contributed by atoms with Crippen LogP contribution in [0.2, 0.25) is 0 Å². The maximum absolute atomic E-state index is 5.43. The summed E-state index contributed by atoms with van der Waals surface area (Å²) in [5.41, 5.74) is 4.22. The van der Waals surface area contributed by atoms with Gasteiger partial charge in [-0.3, -0.25) is 0 Å². The van der Waals surface area contributed by atoms with Gasteiger partial charge >= 0.3 is 0 Å². The average molecular weight is 458 g/mol. The molecule has 0 saturated carbocycles. The van der Waals surface area contributed by atoms with Gasteiger partial charge in [-0.05, 0) is 61.1 Å². The second kappa shape index (κ2) is 8.55. The number of rotatable bonds is 6. The molecule has 0 unspecified atom stereocenters. The fourth-order valence-corrected chi connectivity index (χ4v) is 4.36. The quantitative estimate of drug-likeness (QED) is 0.265. The minimum Gasteiger partial charge on any atom is -0.493 e. The summed E-state index contributed by atoms with van der Waals surface area (Å²) in [4.78, 5) is 0. The van der Waals surface area contributed by atoms with E-state index in [1.807, 2.05) is 18.2 Å². The Kier molecular flexibility index (Phi) is 5.43. The van der Waals surface area contributed by atoms with Crippen molar-refractivity contribution in [2.75, 3.05) is 14.2 Å². The maximum atomic E-state index is 5.43. The molecule has 0 radical (unpaired) electrons. The van der Waals surface area contributed by atoms with Crippen molar-refractivity contribution in [1.82, 2.24) is 19.4 Å². The summed E-state index contributed by atoms with van der Waals surface area (Å²) in [6, 6.07) is 20.4. The van der Waals surface area contributed by atoms with Crippen molar-refractivity contribution in [1.29, 1.82) is 0 Å². The second-order valence-corrected chi connectivity index (χ2v) is 7.90. The largest absolute Gasteiger partial charge is 0.493 e. The third-order valence-electron chi connectivity index (χ3n) is 5.73. The van der Waals surface area contributed by atoms with Gasteiger partial charge in [-0.2, -0.15) is 14.9 Å². The zero-order valence-electron chi connectivity index (χ0n) is 18.6. The summed E-state index contributed by atoms with van der Waals surface area (Å²) >= 11 is 5.43. The van der Waals surface area contributed by atoms with Crippen LogP contribution in [0, 0.1) is 4.77 Å². The first kappa shape index (κ1) is 21.0. The fourth-order valence-electron chi connectivity index (χ4n) is 4.18. The van der Waals surface area contributed by atoms with Crippen LogP contribution in [0.1, 0.15) is 12.5 Å². The van der Waals surface area contributed by atoms with Gasteiger partial charge in [0.2, 0.25) is 4.77 Å². The van der Waals surface area contributed by atoms with Gasteiger partial charge in [-0.1, -0.05) is 24.3 Å². The molecule has 1 N–H and O–H groups in total. The van der Waals surface area contributed by atoms with Crippen molar-refractivity contribution < 1.29 is 9.47 Å². The first-order valence-corrected chi connectivity index (χ1v) is 11.0. The van der Waals surface area contributed by atoms with Crippen molar-refractivity contribution >= 4 is 40.2 Å². The molecule has 8 heteroatoms. The van der Waals surface area contributed by atoms with Crippen LogP contribution in [-0.2, 0) is 6.54 Å². The third kappa shape index (κ3) is 3.58. The Bertz CT molecular complexity index is 1560. The van der Waals surface area contributed by atoms with E-state index < -0.39 is 0 Å². The lowest BCUT2D eigenvalue weighted by Crippen LogP contribution is -1.97. The summed E-state index contributed by atoms with van der Waals surface area (Å²) in [6.07, 6.45) is 1.80. The molecule has 33 heavy (non-hydrogen) atoms. The number of fused-ring (bicyclic) bond motifs is 3. The standard InChI is InChI=1S/C25H23N5O2S/c1-4-29-20-8-6-5-7-18(20)19-13-16(9-11-21(19)29)15-26-30-24(27-28-25(30)33)17-10-12-22(31-2)23(14-17)32-3/h5-15H,4H2,1-3H3,(H,28,33). The minimum atomic E-state index is 0.402. The topological polar surface area (TPSA) is 69.4 Å². The van der Waals surface area contributed by atoms with Gasteiger partial charge in [0.1, 0.15) is 0 Å². The predicted molar refractivity (Wildman–Crippen MR) is 134 cm³/mol. The van der Waals surface area contributed by atoms with E-state index in [-0.39, 0.29) is 0 Å². The summed E-state index contributed by atoms with van der Waals surface area (Å²) in [7, 11) is 3.20. The van der Waals surface area contributed by atoms with Gasteiger partial charge in [-0.15, -0.1) is 0 Å². The number of aromatic amines is 1. The predicted octanol–water partition coefficient (Wildman–Crippen LogP) is 5.63. The molecule has 2 aromatic heterocycles. The lowest BCUT2D eigenvalue weighted by Gasteiger charge is -2.09. The van der Waals surface area contributed by atoms with E-state index in [1.165, 1.54) is 21.8 Å². The van der Waals surface area contributed by atoms with Gasteiger partial charge in [0.05, 0.1) is 20.4 Å². The lowest BCUT2D eigenvalue weighted by atomic mass is 10.1. The van der Waals surface area contributed by atoms with Gasteiger partial charge < -0.3 is 14.0 Å². The average Bonchev–Trinajstić information content (AvgIpc) is 3.39. The highest BCUT2D eigenvalue weighted by atomic mass is 32.1. The molecule has 0 aliphatic heterocycles. The van der Waals surface area contributed by atoms with Crippen LogP contribution in [0.5, 0.6) is 11.5 Å². The molecule has 0 bridgehead atoms. The van der Waals surface area contributed by atoms with Crippen molar-refractivity contribution in [3.8, 4) is 22.9 Å². The number of para-hydroxylation sites is 1. The molecular weight excluding hydrogens is 434 g/mol. The molecule has 5 aromatic rings. The molecular formula is C25H23N5O2S. The summed E-state index contributed by atoms with van der Waals surface area (Å²) < 4.78 is 15.1. The molecule has 0 aliphatic rings. The zero-order valence-corrected chi connectivity index (χ0v) is 19.4. The van der Waals surface area contributed by atoms with E-state index in [1.54, 1.807) is 25.1 Å². The summed E-state index contributed by atoms with van der Waals surface area (Å²) in [5, 5.41) is 14.3. The van der Waals surface area contributed by atoms with Crippen LogP contribution in [0.4, 0.5) is 0 Å². The van der Waals surface area contributed by atoms with Crippen LogP contribution in [0.3, 0.4) is 0 Å². The number of aryl methyl sites for hydroxylation is 1. The summed E-state index contributed by atoms with van der Waals surface area (Å²) in [5.74, 6) is 1.84. The first-order chi connectivity index (χ1) is 16.1. The maximum Gasteiger partial charge on any atom is 0.216 e. The van der Waals surface area contributed by atoms with Crippen molar-refractivity contribution in [2.24, 2.45) is 5.10 Å².